The zero-order valence-corrected chi connectivity index (χ0v) is 18.9. The standard InChI is InChI=1S/C22H36N2O3S/c1-6-23(16-18-9-11-24(12-10-18)28(5,25)26)17(2)13-19-7-8-21-20(14-19)15-22(3,4)27-21/h7-8,14,17-18H,6,9-13,15-16H2,1-5H3/t17-/m0/s1. The molecule has 1 atom stereocenters. The minimum absolute atomic E-state index is 0.0944. The molecule has 0 aromatic heterocycles. The molecule has 1 saturated heterocycles. The van der Waals surface area contributed by atoms with Gasteiger partial charge < -0.3 is 9.64 Å². The summed E-state index contributed by atoms with van der Waals surface area (Å²) in [5.41, 5.74) is 2.60. The van der Waals surface area contributed by atoms with Crippen LogP contribution in [0.15, 0.2) is 18.2 Å². The molecule has 0 N–H and O–H groups in total. The van der Waals surface area contributed by atoms with Crippen LogP contribution in [0.3, 0.4) is 0 Å². The lowest BCUT2D eigenvalue weighted by Crippen LogP contribution is -2.43. The van der Waals surface area contributed by atoms with Crippen molar-refractivity contribution in [1.29, 1.82) is 0 Å². The normalized spacial score (nSPS) is 21.5. The van der Waals surface area contributed by atoms with E-state index in [4.69, 9.17) is 4.74 Å². The summed E-state index contributed by atoms with van der Waals surface area (Å²) in [5, 5.41) is 0. The van der Waals surface area contributed by atoms with Crippen LogP contribution in [-0.4, -0.2) is 61.7 Å². The number of nitrogens with zero attached hydrogens (tertiary/aromatic N) is 2. The van der Waals surface area contributed by atoms with Gasteiger partial charge in [0.25, 0.3) is 0 Å². The summed E-state index contributed by atoms with van der Waals surface area (Å²) in [6, 6.07) is 7.11. The number of sulfonamides is 1. The molecule has 2 heterocycles. The Kier molecular flexibility index (Phi) is 6.42. The van der Waals surface area contributed by atoms with Gasteiger partial charge in [-0.05, 0) is 69.7 Å². The number of fused-ring (bicyclic) bond motifs is 1. The lowest BCUT2D eigenvalue weighted by molar-refractivity contribution is 0.138. The van der Waals surface area contributed by atoms with Crippen LogP contribution in [0.1, 0.15) is 51.7 Å². The highest BCUT2D eigenvalue weighted by Gasteiger charge is 2.30. The van der Waals surface area contributed by atoms with Gasteiger partial charge in [0, 0.05) is 32.1 Å². The van der Waals surface area contributed by atoms with Crippen molar-refractivity contribution in [2.75, 3.05) is 32.4 Å². The van der Waals surface area contributed by atoms with Gasteiger partial charge in [-0.3, -0.25) is 0 Å². The van der Waals surface area contributed by atoms with Crippen LogP contribution in [0.25, 0.3) is 0 Å². The van der Waals surface area contributed by atoms with E-state index in [2.05, 4.69) is 50.8 Å². The molecule has 28 heavy (non-hydrogen) atoms. The average molecular weight is 409 g/mol. The lowest BCUT2D eigenvalue weighted by Gasteiger charge is -2.36. The quantitative estimate of drug-likeness (QED) is 0.694. The lowest BCUT2D eigenvalue weighted by atomic mass is 9.95. The van der Waals surface area contributed by atoms with Crippen LogP contribution < -0.4 is 4.74 Å². The van der Waals surface area contributed by atoms with E-state index in [9.17, 15) is 8.42 Å². The number of benzene rings is 1. The second-order valence-electron chi connectivity index (χ2n) is 9.23. The van der Waals surface area contributed by atoms with Crippen LogP contribution in [0, 0.1) is 5.92 Å². The molecule has 0 bridgehead atoms. The zero-order valence-electron chi connectivity index (χ0n) is 18.1. The molecule has 0 spiro atoms. The van der Waals surface area contributed by atoms with Crippen molar-refractivity contribution in [1.82, 2.24) is 9.21 Å². The minimum Gasteiger partial charge on any atom is -0.487 e. The third-order valence-corrected chi connectivity index (χ3v) is 7.53. The molecule has 0 saturated carbocycles. The van der Waals surface area contributed by atoms with Crippen LogP contribution in [0.2, 0.25) is 0 Å². The summed E-state index contributed by atoms with van der Waals surface area (Å²) in [6.45, 7) is 12.2. The predicted octanol–water partition coefficient (Wildman–Crippen LogP) is 3.32. The van der Waals surface area contributed by atoms with Crippen LogP contribution in [-0.2, 0) is 22.9 Å². The molecule has 1 aromatic rings. The topological polar surface area (TPSA) is 49.9 Å². The average Bonchev–Trinajstić information content (AvgIpc) is 2.92. The summed E-state index contributed by atoms with van der Waals surface area (Å²) < 4.78 is 31.0. The first kappa shape index (κ1) is 21.6. The highest BCUT2D eigenvalue weighted by Crippen LogP contribution is 2.35. The molecule has 3 rings (SSSR count). The highest BCUT2D eigenvalue weighted by atomic mass is 32.2. The molecule has 6 heteroatoms. The Morgan fingerprint density at radius 1 is 1.29 bits per heavy atom. The van der Waals surface area contributed by atoms with Gasteiger partial charge in [0.05, 0.1) is 6.26 Å². The Hall–Kier alpha value is -1.11. The van der Waals surface area contributed by atoms with Gasteiger partial charge in [-0.2, -0.15) is 0 Å². The molecule has 5 nitrogen and oxygen atoms in total. The molecule has 0 aliphatic carbocycles. The maximum absolute atomic E-state index is 11.7. The van der Waals surface area contributed by atoms with Crippen LogP contribution in [0.4, 0.5) is 0 Å². The van der Waals surface area contributed by atoms with E-state index in [1.807, 2.05) is 0 Å². The Bertz CT molecular complexity index is 783. The summed E-state index contributed by atoms with van der Waals surface area (Å²) in [7, 11) is -3.04. The van der Waals surface area contributed by atoms with Gasteiger partial charge in [-0.1, -0.05) is 19.1 Å². The number of likely N-dealkylation sites (N-methyl/N-ethyl adjacent to an activating group) is 1. The van der Waals surface area contributed by atoms with E-state index in [-0.39, 0.29) is 5.60 Å². The SMILES string of the molecule is CCN(CC1CCN(S(C)(=O)=O)CC1)[C@@H](C)Cc1ccc2c(c1)CC(C)(C)O2. The smallest absolute Gasteiger partial charge is 0.211 e. The summed E-state index contributed by atoms with van der Waals surface area (Å²) in [6.07, 6.45) is 5.24. The molecule has 158 valence electrons. The first-order valence-corrected chi connectivity index (χ1v) is 12.4. The fourth-order valence-corrected chi connectivity index (χ4v) is 5.51. The van der Waals surface area contributed by atoms with Gasteiger partial charge in [0.1, 0.15) is 11.4 Å². The van der Waals surface area contributed by atoms with Crippen molar-refractivity contribution >= 4 is 10.0 Å². The van der Waals surface area contributed by atoms with Crippen molar-refractivity contribution in [2.45, 2.75) is 65.0 Å². The van der Waals surface area contributed by atoms with Crippen molar-refractivity contribution < 1.29 is 13.2 Å². The Morgan fingerprint density at radius 3 is 2.57 bits per heavy atom. The third kappa shape index (κ3) is 5.28. The number of hydrogen-bond donors (Lipinski definition) is 0. The second kappa shape index (κ2) is 8.33. The Morgan fingerprint density at radius 2 is 1.96 bits per heavy atom. The molecule has 0 amide bonds. The number of piperidine rings is 1. The molecule has 2 aliphatic heterocycles. The molecule has 1 fully saturated rings. The van der Waals surface area contributed by atoms with E-state index in [1.54, 1.807) is 4.31 Å². The number of hydrogen-bond acceptors (Lipinski definition) is 4. The fourth-order valence-electron chi connectivity index (χ4n) is 4.64. The van der Waals surface area contributed by atoms with Gasteiger partial charge in [-0.15, -0.1) is 0 Å². The predicted molar refractivity (Wildman–Crippen MR) is 114 cm³/mol. The van der Waals surface area contributed by atoms with Gasteiger partial charge >= 0.3 is 0 Å². The first-order chi connectivity index (χ1) is 13.1. The number of ether oxygens (including phenoxy) is 1. The molecule has 1 aromatic carbocycles. The summed E-state index contributed by atoms with van der Waals surface area (Å²) in [4.78, 5) is 2.55. The second-order valence-corrected chi connectivity index (χ2v) is 11.2. The van der Waals surface area contributed by atoms with E-state index in [0.29, 0.717) is 25.0 Å². The Labute approximate surface area is 171 Å². The maximum Gasteiger partial charge on any atom is 0.211 e. The monoisotopic (exact) mass is 408 g/mol. The van der Waals surface area contributed by atoms with Crippen molar-refractivity contribution in [2.24, 2.45) is 5.92 Å². The summed E-state index contributed by atoms with van der Waals surface area (Å²) in [5.74, 6) is 1.61. The van der Waals surface area contributed by atoms with Gasteiger partial charge in [0.15, 0.2) is 0 Å². The third-order valence-electron chi connectivity index (χ3n) is 6.22. The molecular formula is C22H36N2O3S. The number of rotatable bonds is 7. The highest BCUT2D eigenvalue weighted by molar-refractivity contribution is 7.88. The van der Waals surface area contributed by atoms with Gasteiger partial charge in [-0.25, -0.2) is 12.7 Å². The van der Waals surface area contributed by atoms with Crippen LogP contribution >= 0.6 is 0 Å². The molecule has 0 unspecified atom stereocenters. The molecule has 2 aliphatic rings. The molecule has 0 radical (unpaired) electrons. The van der Waals surface area contributed by atoms with Crippen molar-refractivity contribution in [3.63, 3.8) is 0 Å². The fraction of sp³-hybridized carbons (Fsp3) is 0.727. The van der Waals surface area contributed by atoms with Crippen LogP contribution in [0.5, 0.6) is 5.75 Å². The Balaban J connectivity index is 1.56. The van der Waals surface area contributed by atoms with E-state index in [1.165, 1.54) is 17.4 Å². The largest absolute Gasteiger partial charge is 0.487 e. The zero-order chi connectivity index (χ0) is 20.5. The summed E-state index contributed by atoms with van der Waals surface area (Å²) >= 11 is 0. The maximum atomic E-state index is 11.7. The van der Waals surface area contributed by atoms with Crippen molar-refractivity contribution in [3.8, 4) is 5.75 Å². The van der Waals surface area contributed by atoms with Crippen molar-refractivity contribution in [3.05, 3.63) is 29.3 Å². The molecular weight excluding hydrogens is 372 g/mol. The van der Waals surface area contributed by atoms with E-state index >= 15 is 0 Å². The van der Waals surface area contributed by atoms with E-state index in [0.717, 1.165) is 44.5 Å². The minimum atomic E-state index is -3.04. The van der Waals surface area contributed by atoms with E-state index < -0.39 is 10.0 Å². The first-order valence-electron chi connectivity index (χ1n) is 10.6. The van der Waals surface area contributed by atoms with Gasteiger partial charge in [0.2, 0.25) is 10.0 Å².